The van der Waals surface area contributed by atoms with E-state index in [-0.39, 0.29) is 29.0 Å². The number of hydrogen-bond acceptors (Lipinski definition) is 4. The third-order valence-corrected chi connectivity index (χ3v) is 8.01. The van der Waals surface area contributed by atoms with Gasteiger partial charge < -0.3 is 0 Å². The average Bonchev–Trinajstić information content (AvgIpc) is 3.32. The lowest BCUT2D eigenvalue weighted by Crippen LogP contribution is -2.39. The maximum Gasteiger partial charge on any atom is 0.345 e. The number of aryl methyl sites for hydroxylation is 1. The van der Waals surface area contributed by atoms with E-state index >= 15 is 0 Å². The van der Waals surface area contributed by atoms with Gasteiger partial charge in [-0.1, -0.05) is 31.0 Å². The van der Waals surface area contributed by atoms with E-state index in [4.69, 9.17) is 0 Å². The summed E-state index contributed by atoms with van der Waals surface area (Å²) in [6.45, 7) is 0.716. The first-order valence-electron chi connectivity index (χ1n) is 10.2. The van der Waals surface area contributed by atoms with Crippen LogP contribution in [0.3, 0.4) is 0 Å². The van der Waals surface area contributed by atoms with E-state index in [1.54, 1.807) is 19.2 Å². The van der Waals surface area contributed by atoms with Crippen LogP contribution in [0, 0.1) is 5.82 Å². The monoisotopic (exact) mass is 422 g/mol. The van der Waals surface area contributed by atoms with Crippen molar-refractivity contribution in [2.24, 2.45) is 7.05 Å². The summed E-state index contributed by atoms with van der Waals surface area (Å²) in [4.78, 5) is 12.6. The predicted molar refractivity (Wildman–Crippen MR) is 108 cm³/mol. The fraction of sp³-hybridized carbons (Fsp3) is 0.600. The summed E-state index contributed by atoms with van der Waals surface area (Å²) in [5.41, 5.74) is 0.107. The second-order valence-electron chi connectivity index (χ2n) is 8.09. The van der Waals surface area contributed by atoms with Crippen LogP contribution in [0.25, 0.3) is 0 Å². The summed E-state index contributed by atoms with van der Waals surface area (Å²) in [5.74, 6) is 0.0146. The van der Waals surface area contributed by atoms with Gasteiger partial charge in [-0.2, -0.15) is 5.10 Å². The Hall–Kier alpha value is -2.00. The molecule has 2 aromatic rings. The topological polar surface area (TPSA) is 77.2 Å². The Morgan fingerprint density at radius 2 is 1.76 bits per heavy atom. The molecular formula is C20H27FN4O3S. The quantitative estimate of drug-likeness (QED) is 0.742. The number of halogens is 1. The number of rotatable bonds is 5. The van der Waals surface area contributed by atoms with Crippen molar-refractivity contribution in [2.45, 2.75) is 56.2 Å². The SMILES string of the molecule is Cn1nc(C2CCN(S(=O)(=O)Cc3ccccc3F)CC2)n(C2CCCC2)c1=O. The summed E-state index contributed by atoms with van der Waals surface area (Å²) in [6.07, 6.45) is 5.46. The molecule has 2 fully saturated rings. The van der Waals surface area contributed by atoms with Crippen LogP contribution < -0.4 is 5.69 Å². The lowest BCUT2D eigenvalue weighted by molar-refractivity contribution is 0.303. The van der Waals surface area contributed by atoms with Crippen molar-refractivity contribution in [1.29, 1.82) is 0 Å². The number of hydrogen-bond donors (Lipinski definition) is 0. The van der Waals surface area contributed by atoms with Gasteiger partial charge >= 0.3 is 5.69 Å². The fourth-order valence-electron chi connectivity index (χ4n) is 4.58. The van der Waals surface area contributed by atoms with E-state index < -0.39 is 15.8 Å². The van der Waals surface area contributed by atoms with Crippen molar-refractivity contribution in [3.05, 3.63) is 52.0 Å². The average molecular weight is 423 g/mol. The molecule has 1 aromatic heterocycles. The zero-order valence-corrected chi connectivity index (χ0v) is 17.4. The third kappa shape index (κ3) is 4.02. The van der Waals surface area contributed by atoms with Gasteiger partial charge in [-0.3, -0.25) is 4.57 Å². The van der Waals surface area contributed by atoms with E-state index in [1.807, 2.05) is 4.57 Å². The second-order valence-corrected chi connectivity index (χ2v) is 10.1. The zero-order chi connectivity index (χ0) is 20.6. The molecule has 2 aliphatic rings. The van der Waals surface area contributed by atoms with Gasteiger partial charge in [-0.05, 0) is 31.7 Å². The normalized spacial score (nSPS) is 19.8. The van der Waals surface area contributed by atoms with Crippen LogP contribution in [0.2, 0.25) is 0 Å². The molecule has 0 bridgehead atoms. The maximum atomic E-state index is 13.9. The van der Waals surface area contributed by atoms with Gasteiger partial charge in [0.25, 0.3) is 0 Å². The van der Waals surface area contributed by atoms with Crippen LogP contribution >= 0.6 is 0 Å². The molecule has 1 aromatic carbocycles. The second kappa shape index (κ2) is 8.02. The zero-order valence-electron chi connectivity index (χ0n) is 16.6. The minimum absolute atomic E-state index is 0.0596. The summed E-state index contributed by atoms with van der Waals surface area (Å²) < 4.78 is 44.1. The molecule has 158 valence electrons. The Kier molecular flexibility index (Phi) is 5.61. The van der Waals surface area contributed by atoms with Crippen LogP contribution in [0.5, 0.6) is 0 Å². The smallest absolute Gasteiger partial charge is 0.276 e. The van der Waals surface area contributed by atoms with Gasteiger partial charge in [0.05, 0.1) is 5.75 Å². The number of piperidine rings is 1. The summed E-state index contributed by atoms with van der Waals surface area (Å²) in [6, 6.07) is 6.18. The van der Waals surface area contributed by atoms with Crippen LogP contribution in [0.15, 0.2) is 29.1 Å². The number of benzene rings is 1. The largest absolute Gasteiger partial charge is 0.345 e. The molecule has 0 radical (unpaired) electrons. The number of nitrogens with zero attached hydrogens (tertiary/aromatic N) is 4. The molecule has 7 nitrogen and oxygen atoms in total. The van der Waals surface area contributed by atoms with Gasteiger partial charge in [0, 0.05) is 37.7 Å². The van der Waals surface area contributed by atoms with Crippen LogP contribution in [-0.2, 0) is 22.8 Å². The van der Waals surface area contributed by atoms with Gasteiger partial charge in [-0.15, -0.1) is 0 Å². The van der Waals surface area contributed by atoms with Gasteiger partial charge in [0.2, 0.25) is 10.0 Å². The molecule has 0 atom stereocenters. The minimum Gasteiger partial charge on any atom is -0.276 e. The van der Waals surface area contributed by atoms with Crippen molar-refractivity contribution < 1.29 is 12.8 Å². The van der Waals surface area contributed by atoms with Crippen molar-refractivity contribution in [3.63, 3.8) is 0 Å². The molecule has 1 aliphatic heterocycles. The highest BCUT2D eigenvalue weighted by atomic mass is 32.2. The Morgan fingerprint density at radius 3 is 2.41 bits per heavy atom. The molecule has 1 saturated heterocycles. The number of aromatic nitrogens is 3. The maximum absolute atomic E-state index is 13.9. The highest BCUT2D eigenvalue weighted by Gasteiger charge is 2.33. The summed E-state index contributed by atoms with van der Waals surface area (Å²) in [5, 5.41) is 4.49. The lowest BCUT2D eigenvalue weighted by atomic mass is 9.97. The third-order valence-electron chi connectivity index (χ3n) is 6.18. The van der Waals surface area contributed by atoms with E-state index in [0.29, 0.717) is 25.9 Å². The molecule has 2 heterocycles. The van der Waals surface area contributed by atoms with Crippen molar-refractivity contribution >= 4 is 10.0 Å². The molecule has 29 heavy (non-hydrogen) atoms. The molecule has 9 heteroatoms. The molecule has 1 aliphatic carbocycles. The highest BCUT2D eigenvalue weighted by Crippen LogP contribution is 2.34. The molecule has 1 saturated carbocycles. The number of sulfonamides is 1. The molecule has 0 N–H and O–H groups in total. The first-order valence-corrected chi connectivity index (χ1v) is 11.8. The van der Waals surface area contributed by atoms with Gasteiger partial charge in [-0.25, -0.2) is 26.6 Å². The Bertz CT molecular complexity index is 1030. The first kappa shape index (κ1) is 20.3. The molecule has 0 amide bonds. The molecule has 0 spiro atoms. The van der Waals surface area contributed by atoms with Gasteiger partial charge in [0.1, 0.15) is 11.6 Å². The van der Waals surface area contributed by atoms with Gasteiger partial charge in [0.15, 0.2) is 0 Å². The summed E-state index contributed by atoms with van der Waals surface area (Å²) >= 11 is 0. The van der Waals surface area contributed by atoms with Crippen LogP contribution in [-0.4, -0.2) is 40.2 Å². The Morgan fingerprint density at radius 1 is 1.10 bits per heavy atom. The van der Waals surface area contributed by atoms with E-state index in [1.165, 1.54) is 21.1 Å². The molecular weight excluding hydrogens is 395 g/mol. The van der Waals surface area contributed by atoms with Crippen molar-refractivity contribution in [1.82, 2.24) is 18.7 Å². The predicted octanol–water partition coefficient (Wildman–Crippen LogP) is 2.55. The molecule has 0 unspecified atom stereocenters. The standard InChI is InChI=1S/C20H27FN4O3S/c1-23-20(26)25(17-7-3-4-8-17)19(22-23)15-10-12-24(13-11-15)29(27,28)14-16-6-2-5-9-18(16)21/h2,5-6,9,15,17H,3-4,7-8,10-14H2,1H3. The van der Waals surface area contributed by atoms with E-state index in [2.05, 4.69) is 5.10 Å². The van der Waals surface area contributed by atoms with Crippen LogP contribution in [0.1, 0.15) is 61.9 Å². The highest BCUT2D eigenvalue weighted by molar-refractivity contribution is 7.88. The fourth-order valence-corrected chi connectivity index (χ4v) is 6.15. The van der Waals surface area contributed by atoms with Crippen LogP contribution in [0.4, 0.5) is 4.39 Å². The minimum atomic E-state index is -3.59. The van der Waals surface area contributed by atoms with Crippen molar-refractivity contribution in [3.8, 4) is 0 Å². The first-order chi connectivity index (χ1) is 13.9. The lowest BCUT2D eigenvalue weighted by Gasteiger charge is -2.31. The van der Waals surface area contributed by atoms with Crippen molar-refractivity contribution in [2.75, 3.05) is 13.1 Å². The van der Waals surface area contributed by atoms with E-state index in [9.17, 15) is 17.6 Å². The summed E-state index contributed by atoms with van der Waals surface area (Å²) in [7, 11) is -1.92. The Balaban J connectivity index is 1.48. The Labute approximate surface area is 170 Å². The molecule has 4 rings (SSSR count). The van der Waals surface area contributed by atoms with E-state index in [0.717, 1.165) is 31.5 Å².